The Morgan fingerprint density at radius 1 is 1.35 bits per heavy atom. The molecule has 0 aliphatic carbocycles. The molecule has 1 aromatic rings. The van der Waals surface area contributed by atoms with Crippen LogP contribution in [0.25, 0.3) is 0 Å². The lowest BCUT2D eigenvalue weighted by Gasteiger charge is -2.15. The summed E-state index contributed by atoms with van der Waals surface area (Å²) in [6.45, 7) is 3.59. The van der Waals surface area contributed by atoms with Gasteiger partial charge in [-0.15, -0.1) is 0 Å². The van der Waals surface area contributed by atoms with Gasteiger partial charge < -0.3 is 14.8 Å². The van der Waals surface area contributed by atoms with Crippen LogP contribution >= 0.6 is 0 Å². The first-order valence-electron chi connectivity index (χ1n) is 5.74. The van der Waals surface area contributed by atoms with Crippen molar-refractivity contribution in [2.75, 3.05) is 27.4 Å². The van der Waals surface area contributed by atoms with Crippen molar-refractivity contribution in [2.24, 2.45) is 0 Å². The van der Waals surface area contributed by atoms with Gasteiger partial charge in [0.1, 0.15) is 0 Å². The van der Waals surface area contributed by atoms with Gasteiger partial charge in [-0.05, 0) is 37.6 Å². The summed E-state index contributed by atoms with van der Waals surface area (Å²) in [6.07, 6.45) is 0.944. The number of hydrogen-bond donors (Lipinski definition) is 1. The second kappa shape index (κ2) is 7.25. The van der Waals surface area contributed by atoms with E-state index in [1.165, 1.54) is 13.2 Å². The van der Waals surface area contributed by atoms with Gasteiger partial charge in [0.05, 0.1) is 7.11 Å². The first-order valence-corrected chi connectivity index (χ1v) is 5.74. The van der Waals surface area contributed by atoms with Gasteiger partial charge in [-0.25, -0.2) is 4.39 Å². The van der Waals surface area contributed by atoms with Crippen molar-refractivity contribution in [1.29, 1.82) is 0 Å². The van der Waals surface area contributed by atoms with Crippen molar-refractivity contribution in [3.63, 3.8) is 0 Å². The minimum Gasteiger partial charge on any atom is -0.494 e. The highest BCUT2D eigenvalue weighted by atomic mass is 19.1. The quantitative estimate of drug-likeness (QED) is 0.744. The molecule has 0 heterocycles. The average molecular weight is 241 g/mol. The normalized spacial score (nSPS) is 12.5. The number of ether oxygens (including phenoxy) is 2. The molecule has 4 heteroatoms. The van der Waals surface area contributed by atoms with Crippen LogP contribution in [0.5, 0.6) is 5.75 Å². The summed E-state index contributed by atoms with van der Waals surface area (Å²) in [5.41, 5.74) is 0.917. The van der Waals surface area contributed by atoms with Gasteiger partial charge in [0.15, 0.2) is 11.6 Å². The highest BCUT2D eigenvalue weighted by Gasteiger charge is 2.08. The van der Waals surface area contributed by atoms with Gasteiger partial charge in [0, 0.05) is 19.8 Å². The number of methoxy groups -OCH3 is 2. The molecular weight excluding hydrogens is 221 g/mol. The third-order valence-corrected chi connectivity index (χ3v) is 2.65. The van der Waals surface area contributed by atoms with Gasteiger partial charge in [0.2, 0.25) is 0 Å². The average Bonchev–Trinajstić information content (AvgIpc) is 2.34. The van der Waals surface area contributed by atoms with E-state index in [1.807, 2.05) is 13.0 Å². The lowest BCUT2D eigenvalue weighted by atomic mass is 10.1. The Morgan fingerprint density at radius 2 is 2.12 bits per heavy atom. The van der Waals surface area contributed by atoms with Crippen LogP contribution in [0.1, 0.15) is 24.9 Å². The van der Waals surface area contributed by atoms with E-state index in [9.17, 15) is 4.39 Å². The molecule has 0 saturated heterocycles. The van der Waals surface area contributed by atoms with Crippen LogP contribution in [0.15, 0.2) is 18.2 Å². The molecule has 1 N–H and O–H groups in total. The molecule has 0 bridgehead atoms. The maximum atomic E-state index is 13.5. The van der Waals surface area contributed by atoms with Crippen molar-refractivity contribution in [3.8, 4) is 5.75 Å². The van der Waals surface area contributed by atoms with E-state index >= 15 is 0 Å². The molecule has 0 aromatic heterocycles. The second-order valence-corrected chi connectivity index (χ2v) is 3.92. The van der Waals surface area contributed by atoms with Gasteiger partial charge >= 0.3 is 0 Å². The Kier molecular flexibility index (Phi) is 5.94. The summed E-state index contributed by atoms with van der Waals surface area (Å²) in [7, 11) is 3.15. The highest BCUT2D eigenvalue weighted by molar-refractivity contribution is 5.30. The minimum atomic E-state index is -0.324. The first kappa shape index (κ1) is 13.9. The van der Waals surface area contributed by atoms with E-state index in [0.717, 1.165) is 25.1 Å². The maximum absolute atomic E-state index is 13.5. The SMILES string of the molecule is COCCCN[C@H](C)c1ccc(OC)c(F)c1. The summed E-state index contributed by atoms with van der Waals surface area (Å²) in [4.78, 5) is 0. The molecule has 0 aliphatic heterocycles. The molecule has 3 nitrogen and oxygen atoms in total. The smallest absolute Gasteiger partial charge is 0.165 e. The molecule has 0 unspecified atom stereocenters. The Labute approximate surface area is 102 Å². The first-order chi connectivity index (χ1) is 8.19. The Morgan fingerprint density at radius 3 is 2.71 bits per heavy atom. The molecule has 96 valence electrons. The van der Waals surface area contributed by atoms with Gasteiger partial charge in [-0.3, -0.25) is 0 Å². The summed E-state index contributed by atoms with van der Waals surface area (Å²) in [6, 6.07) is 5.15. The number of halogens is 1. The van der Waals surface area contributed by atoms with Gasteiger partial charge in [-0.1, -0.05) is 6.07 Å². The molecule has 1 rings (SSSR count). The number of hydrogen-bond acceptors (Lipinski definition) is 3. The Balaban J connectivity index is 2.51. The second-order valence-electron chi connectivity index (χ2n) is 3.92. The maximum Gasteiger partial charge on any atom is 0.165 e. The van der Waals surface area contributed by atoms with Crippen LogP contribution in [0, 0.1) is 5.82 Å². The highest BCUT2D eigenvalue weighted by Crippen LogP contribution is 2.21. The number of rotatable bonds is 7. The van der Waals surface area contributed by atoms with Crippen molar-refractivity contribution in [1.82, 2.24) is 5.32 Å². The Bertz CT molecular complexity index is 344. The summed E-state index contributed by atoms with van der Waals surface area (Å²) < 4.78 is 23.3. The zero-order valence-corrected chi connectivity index (χ0v) is 10.6. The fourth-order valence-electron chi connectivity index (χ4n) is 1.60. The molecule has 0 saturated carbocycles. The standard InChI is InChI=1S/C13H20FNO2/c1-10(15-7-4-8-16-2)11-5-6-13(17-3)12(14)9-11/h5-6,9-10,15H,4,7-8H2,1-3H3/t10-/m1/s1. The number of benzene rings is 1. The third-order valence-electron chi connectivity index (χ3n) is 2.65. The van der Waals surface area contributed by atoms with Crippen LogP contribution in [0.2, 0.25) is 0 Å². The largest absolute Gasteiger partial charge is 0.494 e. The van der Waals surface area contributed by atoms with E-state index < -0.39 is 0 Å². The number of nitrogens with one attached hydrogen (secondary N) is 1. The minimum absolute atomic E-state index is 0.118. The molecule has 0 radical (unpaired) electrons. The van der Waals surface area contributed by atoms with E-state index in [0.29, 0.717) is 0 Å². The van der Waals surface area contributed by atoms with Crippen molar-refractivity contribution < 1.29 is 13.9 Å². The lowest BCUT2D eigenvalue weighted by molar-refractivity contribution is 0.193. The van der Waals surface area contributed by atoms with Gasteiger partial charge in [0.25, 0.3) is 0 Å². The molecule has 1 atom stereocenters. The topological polar surface area (TPSA) is 30.5 Å². The Hall–Kier alpha value is -1.13. The fourth-order valence-corrected chi connectivity index (χ4v) is 1.60. The van der Waals surface area contributed by atoms with Crippen molar-refractivity contribution >= 4 is 0 Å². The monoisotopic (exact) mass is 241 g/mol. The van der Waals surface area contributed by atoms with Crippen LogP contribution in [0.4, 0.5) is 4.39 Å². The molecular formula is C13H20FNO2. The summed E-state index contributed by atoms with van der Waals surface area (Å²) in [5, 5.41) is 3.31. The fraction of sp³-hybridized carbons (Fsp3) is 0.538. The van der Waals surface area contributed by atoms with Crippen LogP contribution in [0.3, 0.4) is 0 Å². The predicted octanol–water partition coefficient (Wildman–Crippen LogP) is 2.52. The predicted molar refractivity (Wildman–Crippen MR) is 65.9 cm³/mol. The van der Waals surface area contributed by atoms with E-state index in [4.69, 9.17) is 9.47 Å². The summed E-state index contributed by atoms with van der Waals surface area (Å²) >= 11 is 0. The van der Waals surface area contributed by atoms with Crippen LogP contribution in [-0.2, 0) is 4.74 Å². The molecule has 0 spiro atoms. The molecule has 0 fully saturated rings. The van der Waals surface area contributed by atoms with E-state index in [1.54, 1.807) is 13.2 Å². The molecule has 17 heavy (non-hydrogen) atoms. The molecule has 0 aliphatic rings. The zero-order chi connectivity index (χ0) is 12.7. The summed E-state index contributed by atoms with van der Waals surface area (Å²) in [5.74, 6) is -0.0455. The molecule has 0 amide bonds. The third kappa shape index (κ3) is 4.32. The van der Waals surface area contributed by atoms with Gasteiger partial charge in [-0.2, -0.15) is 0 Å². The lowest BCUT2D eigenvalue weighted by Crippen LogP contribution is -2.20. The van der Waals surface area contributed by atoms with Crippen LogP contribution in [-0.4, -0.2) is 27.4 Å². The van der Waals surface area contributed by atoms with Crippen molar-refractivity contribution in [2.45, 2.75) is 19.4 Å². The van der Waals surface area contributed by atoms with Crippen LogP contribution < -0.4 is 10.1 Å². The zero-order valence-electron chi connectivity index (χ0n) is 10.6. The van der Waals surface area contributed by atoms with E-state index in [2.05, 4.69) is 5.32 Å². The van der Waals surface area contributed by atoms with Crippen molar-refractivity contribution in [3.05, 3.63) is 29.6 Å². The van der Waals surface area contributed by atoms with E-state index in [-0.39, 0.29) is 17.6 Å². The molecule has 1 aromatic carbocycles.